The summed E-state index contributed by atoms with van der Waals surface area (Å²) in [5, 5.41) is 9.49. The van der Waals surface area contributed by atoms with Crippen molar-refractivity contribution in [2.45, 2.75) is 38.8 Å². The van der Waals surface area contributed by atoms with Gasteiger partial charge in [-0.3, -0.25) is 9.78 Å². The Morgan fingerprint density at radius 3 is 2.45 bits per heavy atom. The maximum atomic E-state index is 13.7. The minimum atomic E-state index is -0.925. The Bertz CT molecular complexity index is 1960. The number of nitrogens with zero attached hydrogens (tertiary/aromatic N) is 2. The van der Waals surface area contributed by atoms with Crippen LogP contribution in [0, 0.1) is 5.82 Å². The monoisotopic (exact) mass is 607 g/mol. The Morgan fingerprint density at radius 2 is 1.70 bits per heavy atom. The third kappa shape index (κ3) is 6.30. The maximum Gasteiger partial charge on any atom is 0.408 e. The largest absolute Gasteiger partial charge is 0.444 e. The number of nitrogens with one attached hydrogen (secondary N) is 3. The van der Waals surface area contributed by atoms with Gasteiger partial charge in [-0.05, 0) is 103 Å². The number of H-pyrrole nitrogens is 1. The molecule has 2 amide bonds. The highest BCUT2D eigenvalue weighted by Crippen LogP contribution is 2.38. The lowest BCUT2D eigenvalue weighted by Crippen LogP contribution is -2.47. The summed E-state index contributed by atoms with van der Waals surface area (Å²) >= 11 is 1.59. The summed E-state index contributed by atoms with van der Waals surface area (Å²) in [6, 6.07) is 20.6. The van der Waals surface area contributed by atoms with Gasteiger partial charge in [-0.1, -0.05) is 18.2 Å². The summed E-state index contributed by atoms with van der Waals surface area (Å²) < 4.78 is 20.3. The normalized spacial score (nSPS) is 12.3. The van der Waals surface area contributed by atoms with Crippen molar-refractivity contribution >= 4 is 50.3 Å². The van der Waals surface area contributed by atoms with Gasteiger partial charge in [-0.2, -0.15) is 0 Å². The summed E-state index contributed by atoms with van der Waals surface area (Å²) in [5.74, 6) is -0.456. The number of carbonyl (C=O) groups excluding carboxylic acids is 2. The highest BCUT2D eigenvalue weighted by Gasteiger charge is 2.26. The van der Waals surface area contributed by atoms with E-state index in [-0.39, 0.29) is 12.2 Å². The second kappa shape index (κ2) is 11.9. The lowest BCUT2D eigenvalue weighted by Gasteiger charge is -2.23. The van der Waals surface area contributed by atoms with Gasteiger partial charge in [0.15, 0.2) is 0 Å². The molecule has 0 spiro atoms. The zero-order valence-corrected chi connectivity index (χ0v) is 25.2. The molecule has 6 aromatic rings. The van der Waals surface area contributed by atoms with Gasteiger partial charge in [-0.15, -0.1) is 11.3 Å². The number of aromatic amines is 1. The van der Waals surface area contributed by atoms with E-state index in [0.29, 0.717) is 11.5 Å². The Kier molecular flexibility index (Phi) is 7.84. The van der Waals surface area contributed by atoms with Crippen LogP contribution >= 0.6 is 11.3 Å². The molecule has 4 heterocycles. The molecule has 0 bridgehead atoms. The topological polar surface area (TPSA) is 109 Å². The average Bonchev–Trinajstić information content (AvgIpc) is 3.58. The highest BCUT2D eigenvalue weighted by molar-refractivity contribution is 7.17. The molecule has 0 saturated carbocycles. The summed E-state index contributed by atoms with van der Waals surface area (Å²) in [4.78, 5) is 38.7. The molecule has 0 fully saturated rings. The number of hydrogen-bond donors (Lipinski definition) is 3. The lowest BCUT2D eigenvalue weighted by molar-refractivity contribution is -0.118. The molecule has 4 aromatic heterocycles. The van der Waals surface area contributed by atoms with E-state index in [0.717, 1.165) is 43.4 Å². The van der Waals surface area contributed by atoms with Crippen LogP contribution in [-0.4, -0.2) is 38.6 Å². The van der Waals surface area contributed by atoms with E-state index in [4.69, 9.17) is 9.72 Å². The van der Waals surface area contributed by atoms with Gasteiger partial charge < -0.3 is 20.4 Å². The van der Waals surface area contributed by atoms with Gasteiger partial charge in [-0.25, -0.2) is 14.2 Å². The second-order valence-corrected chi connectivity index (χ2v) is 12.3. The van der Waals surface area contributed by atoms with E-state index >= 15 is 0 Å². The molecule has 8 nitrogen and oxygen atoms in total. The van der Waals surface area contributed by atoms with E-state index in [1.165, 1.54) is 12.1 Å². The van der Waals surface area contributed by atoms with Gasteiger partial charge in [0.1, 0.15) is 28.9 Å². The van der Waals surface area contributed by atoms with Crippen molar-refractivity contribution in [2.24, 2.45) is 0 Å². The van der Waals surface area contributed by atoms with Crippen LogP contribution in [0.1, 0.15) is 26.3 Å². The number of benzene rings is 2. The van der Waals surface area contributed by atoms with Crippen LogP contribution in [0.15, 0.2) is 90.6 Å². The molecule has 0 aliphatic heterocycles. The van der Waals surface area contributed by atoms with Crippen molar-refractivity contribution in [3.63, 3.8) is 0 Å². The number of alkyl carbamates (subject to hydrolysis) is 1. The maximum absolute atomic E-state index is 13.7. The number of anilines is 1. The molecule has 0 saturated heterocycles. The van der Waals surface area contributed by atoms with Gasteiger partial charge in [0.25, 0.3) is 0 Å². The smallest absolute Gasteiger partial charge is 0.408 e. The first-order chi connectivity index (χ1) is 21.1. The number of thiophene rings is 1. The van der Waals surface area contributed by atoms with E-state index in [1.807, 2.05) is 47.8 Å². The molecule has 0 aliphatic rings. The third-order valence-electron chi connectivity index (χ3n) is 7.00. The van der Waals surface area contributed by atoms with E-state index in [2.05, 4.69) is 20.6 Å². The van der Waals surface area contributed by atoms with Crippen molar-refractivity contribution in [1.29, 1.82) is 0 Å². The number of rotatable bonds is 7. The SMILES string of the molecule is CC(C)(C)OC(=O)N[C@@H](Cc1csc2ccccc12)C(=O)Nc1ccc2c(-c3ccncc3)c(-c3ccc(F)cc3)[nH]c2n1. The number of halogens is 1. The van der Waals surface area contributed by atoms with Crippen LogP contribution in [-0.2, 0) is 16.0 Å². The van der Waals surface area contributed by atoms with Crippen molar-refractivity contribution < 1.29 is 18.7 Å². The van der Waals surface area contributed by atoms with Gasteiger partial charge >= 0.3 is 6.09 Å². The van der Waals surface area contributed by atoms with Crippen molar-refractivity contribution in [3.05, 3.63) is 102 Å². The van der Waals surface area contributed by atoms with Crippen LogP contribution in [0.3, 0.4) is 0 Å². The van der Waals surface area contributed by atoms with Crippen LogP contribution in [0.5, 0.6) is 0 Å². The summed E-state index contributed by atoms with van der Waals surface area (Å²) in [5.41, 5.74) is 4.09. The Morgan fingerprint density at radius 1 is 0.955 bits per heavy atom. The van der Waals surface area contributed by atoms with Crippen LogP contribution in [0.4, 0.5) is 15.0 Å². The number of pyridine rings is 2. The number of amides is 2. The minimum Gasteiger partial charge on any atom is -0.444 e. The predicted octanol–water partition coefficient (Wildman–Crippen LogP) is 7.72. The molecular formula is C34H30FN5O3S. The van der Waals surface area contributed by atoms with Gasteiger partial charge in [0, 0.05) is 34.5 Å². The van der Waals surface area contributed by atoms with Crippen LogP contribution in [0.2, 0.25) is 0 Å². The summed E-state index contributed by atoms with van der Waals surface area (Å²) in [6.45, 7) is 5.30. The summed E-state index contributed by atoms with van der Waals surface area (Å²) in [6.07, 6.45) is 3.00. The molecule has 222 valence electrons. The summed E-state index contributed by atoms with van der Waals surface area (Å²) in [7, 11) is 0. The van der Waals surface area contributed by atoms with Crippen LogP contribution in [0.25, 0.3) is 43.5 Å². The molecule has 2 aromatic carbocycles. The Balaban J connectivity index is 1.33. The third-order valence-corrected chi connectivity index (χ3v) is 8.02. The second-order valence-electron chi connectivity index (χ2n) is 11.4. The number of fused-ring (bicyclic) bond motifs is 2. The molecule has 0 radical (unpaired) electrons. The number of carbonyl (C=O) groups is 2. The standard InChI is InChI=1S/C34H30FN5O3S/c1-34(2,3)43-33(42)37-26(18-22-19-44-27-7-5-4-6-24(22)27)32(41)39-28-13-12-25-29(20-14-16-36-17-15-20)30(40-31(25)38-28)21-8-10-23(35)11-9-21/h4-17,19,26H,18H2,1-3H3,(H,37,42)(H2,38,39,40,41)/t26-/m0/s1. The zero-order chi connectivity index (χ0) is 30.8. The number of hydrogen-bond acceptors (Lipinski definition) is 6. The van der Waals surface area contributed by atoms with Gasteiger partial charge in [0.2, 0.25) is 5.91 Å². The van der Waals surface area contributed by atoms with Crippen molar-refractivity contribution in [2.75, 3.05) is 5.32 Å². The van der Waals surface area contributed by atoms with Gasteiger partial charge in [0.05, 0.1) is 5.69 Å². The van der Waals surface area contributed by atoms with E-state index in [1.54, 1.807) is 62.7 Å². The average molecular weight is 608 g/mol. The first-order valence-corrected chi connectivity index (χ1v) is 15.0. The van der Waals surface area contributed by atoms with Crippen LogP contribution < -0.4 is 10.6 Å². The van der Waals surface area contributed by atoms with E-state index in [9.17, 15) is 14.0 Å². The fraction of sp³-hybridized carbons (Fsp3) is 0.176. The molecule has 0 aliphatic carbocycles. The predicted molar refractivity (Wildman–Crippen MR) is 172 cm³/mol. The fourth-order valence-electron chi connectivity index (χ4n) is 5.08. The molecule has 1 atom stereocenters. The molecule has 44 heavy (non-hydrogen) atoms. The molecule has 6 rings (SSSR count). The minimum absolute atomic E-state index is 0.265. The van der Waals surface area contributed by atoms with E-state index < -0.39 is 23.6 Å². The molecule has 3 N–H and O–H groups in total. The fourth-order valence-corrected chi connectivity index (χ4v) is 6.05. The first kappa shape index (κ1) is 29.0. The molecule has 0 unspecified atom stereocenters. The molecule has 10 heteroatoms. The number of aromatic nitrogens is 3. The lowest BCUT2D eigenvalue weighted by atomic mass is 10.00. The Hall–Kier alpha value is -5.09. The highest BCUT2D eigenvalue weighted by atomic mass is 32.1. The molecular weight excluding hydrogens is 577 g/mol. The first-order valence-electron chi connectivity index (χ1n) is 14.1. The quantitative estimate of drug-likeness (QED) is 0.172. The zero-order valence-electron chi connectivity index (χ0n) is 24.4. The van der Waals surface area contributed by atoms with Crippen molar-refractivity contribution in [3.8, 4) is 22.4 Å². The number of ether oxygens (including phenoxy) is 1. The van der Waals surface area contributed by atoms with Crippen molar-refractivity contribution in [1.82, 2.24) is 20.3 Å². The Labute approximate surface area is 257 Å².